The Morgan fingerprint density at radius 3 is 2.94 bits per heavy atom. The highest BCUT2D eigenvalue weighted by Crippen LogP contribution is 2.09. The molecule has 1 unspecified atom stereocenters. The van der Waals surface area contributed by atoms with Crippen LogP contribution in [-0.4, -0.2) is 14.9 Å². The molecule has 0 aliphatic carbocycles. The zero-order valence-corrected chi connectivity index (χ0v) is 10.6. The van der Waals surface area contributed by atoms with Crippen LogP contribution in [0.15, 0.2) is 18.3 Å². The lowest BCUT2D eigenvalue weighted by molar-refractivity contribution is 0.675. The molecule has 0 aliphatic heterocycles. The average molecular weight is 240 g/mol. The van der Waals surface area contributed by atoms with Gasteiger partial charge in [0.25, 0.3) is 0 Å². The second kappa shape index (κ2) is 7.52. The monoisotopic (exact) mass is 240 g/mol. The lowest BCUT2D eigenvalue weighted by atomic mass is 10.2. The molecule has 1 atom stereocenters. The third-order valence-electron chi connectivity index (χ3n) is 2.47. The van der Waals surface area contributed by atoms with E-state index in [2.05, 4.69) is 11.9 Å². The van der Waals surface area contributed by atoms with Gasteiger partial charge >= 0.3 is 0 Å². The highest BCUT2D eigenvalue weighted by Gasteiger charge is 2.06. The predicted molar refractivity (Wildman–Crippen MR) is 68.4 cm³/mol. The van der Waals surface area contributed by atoms with Gasteiger partial charge in [-0.2, -0.15) is 0 Å². The first-order valence-electron chi connectivity index (χ1n) is 5.75. The number of hydrogen-bond acceptors (Lipinski definition) is 3. The Kier molecular flexibility index (Phi) is 6.26. The number of aromatic nitrogens is 1. The highest BCUT2D eigenvalue weighted by molar-refractivity contribution is 7.84. The fourth-order valence-corrected chi connectivity index (χ4v) is 2.83. The summed E-state index contributed by atoms with van der Waals surface area (Å²) in [6.07, 6.45) is 5.09. The third-order valence-corrected chi connectivity index (χ3v) is 3.85. The van der Waals surface area contributed by atoms with Gasteiger partial charge in [0.15, 0.2) is 0 Å². The summed E-state index contributed by atoms with van der Waals surface area (Å²) >= 11 is 0. The quantitative estimate of drug-likeness (QED) is 0.741. The van der Waals surface area contributed by atoms with Crippen LogP contribution in [0.3, 0.4) is 0 Å². The molecule has 1 rings (SSSR count). The van der Waals surface area contributed by atoms with E-state index in [1.165, 1.54) is 0 Å². The van der Waals surface area contributed by atoms with E-state index < -0.39 is 10.8 Å². The van der Waals surface area contributed by atoms with E-state index in [0.29, 0.717) is 12.3 Å². The average Bonchev–Trinajstić information content (AvgIpc) is 2.30. The lowest BCUT2D eigenvalue weighted by Gasteiger charge is -2.06. The minimum absolute atomic E-state index is 0.419. The molecular formula is C12H20N2OS. The summed E-state index contributed by atoms with van der Waals surface area (Å²) in [5.74, 6) is 1.37. The van der Waals surface area contributed by atoms with Crippen LogP contribution >= 0.6 is 0 Å². The molecule has 0 aliphatic rings. The molecule has 16 heavy (non-hydrogen) atoms. The zero-order chi connectivity index (χ0) is 11.8. The fourth-order valence-electron chi connectivity index (χ4n) is 1.55. The first kappa shape index (κ1) is 13.3. The standard InChI is InChI=1S/C12H20N2OS/c1-2-3-4-8-16(15)10-11-6-5-7-14-12(11)9-13/h5-7H,2-4,8-10,13H2,1H3. The summed E-state index contributed by atoms with van der Waals surface area (Å²) < 4.78 is 11.8. The molecule has 0 bridgehead atoms. The van der Waals surface area contributed by atoms with Gasteiger partial charge in [-0.15, -0.1) is 0 Å². The third kappa shape index (κ3) is 4.41. The Morgan fingerprint density at radius 2 is 2.25 bits per heavy atom. The van der Waals surface area contributed by atoms with Crippen LogP contribution in [0.25, 0.3) is 0 Å². The molecule has 0 aromatic carbocycles. The molecule has 0 radical (unpaired) electrons. The maximum Gasteiger partial charge on any atom is 0.0580 e. The topological polar surface area (TPSA) is 56.0 Å². The summed E-state index contributed by atoms with van der Waals surface area (Å²) in [7, 11) is -0.780. The van der Waals surface area contributed by atoms with Gasteiger partial charge in [-0.3, -0.25) is 9.19 Å². The highest BCUT2D eigenvalue weighted by atomic mass is 32.2. The molecule has 3 nitrogen and oxygen atoms in total. The van der Waals surface area contributed by atoms with E-state index in [1.54, 1.807) is 6.20 Å². The van der Waals surface area contributed by atoms with Gasteiger partial charge in [-0.1, -0.05) is 25.8 Å². The van der Waals surface area contributed by atoms with E-state index >= 15 is 0 Å². The molecule has 0 saturated heterocycles. The molecular weight excluding hydrogens is 220 g/mol. The molecule has 90 valence electrons. The fraction of sp³-hybridized carbons (Fsp3) is 0.583. The number of rotatable bonds is 7. The van der Waals surface area contributed by atoms with Gasteiger partial charge in [-0.25, -0.2) is 0 Å². The van der Waals surface area contributed by atoms with E-state index in [0.717, 1.165) is 36.3 Å². The van der Waals surface area contributed by atoms with Crippen LogP contribution in [0, 0.1) is 0 Å². The van der Waals surface area contributed by atoms with Gasteiger partial charge < -0.3 is 5.73 Å². The number of unbranched alkanes of at least 4 members (excludes halogenated alkanes) is 2. The first-order chi connectivity index (χ1) is 7.77. The molecule has 1 aromatic rings. The Labute approximate surface area is 99.9 Å². The van der Waals surface area contributed by atoms with Crippen molar-refractivity contribution in [2.75, 3.05) is 5.75 Å². The number of pyridine rings is 1. The summed E-state index contributed by atoms with van der Waals surface area (Å²) in [4.78, 5) is 4.19. The van der Waals surface area contributed by atoms with Crippen molar-refractivity contribution >= 4 is 10.8 Å². The largest absolute Gasteiger partial charge is 0.325 e. The van der Waals surface area contributed by atoms with Gasteiger partial charge in [-0.05, 0) is 18.1 Å². The van der Waals surface area contributed by atoms with Crippen LogP contribution in [0.4, 0.5) is 0 Å². The zero-order valence-electron chi connectivity index (χ0n) is 9.82. The summed E-state index contributed by atoms with van der Waals surface area (Å²) in [5.41, 5.74) is 7.48. The maximum absolute atomic E-state index is 11.8. The molecule has 0 fully saturated rings. The van der Waals surface area contributed by atoms with Crippen molar-refractivity contribution in [2.24, 2.45) is 5.73 Å². The Hall–Kier alpha value is -0.740. The smallest absolute Gasteiger partial charge is 0.0580 e. The summed E-state index contributed by atoms with van der Waals surface area (Å²) in [5, 5.41) is 0. The number of hydrogen-bond donors (Lipinski definition) is 1. The van der Waals surface area contributed by atoms with E-state index in [4.69, 9.17) is 5.73 Å². The van der Waals surface area contributed by atoms with Crippen molar-refractivity contribution < 1.29 is 4.21 Å². The summed E-state index contributed by atoms with van der Waals surface area (Å²) in [6, 6.07) is 3.84. The summed E-state index contributed by atoms with van der Waals surface area (Å²) in [6.45, 7) is 2.57. The molecule has 4 heteroatoms. The molecule has 1 heterocycles. The van der Waals surface area contributed by atoms with Gasteiger partial charge in [0.2, 0.25) is 0 Å². The van der Waals surface area contributed by atoms with Crippen molar-refractivity contribution in [1.29, 1.82) is 0 Å². The van der Waals surface area contributed by atoms with Crippen LogP contribution in [0.5, 0.6) is 0 Å². The Morgan fingerprint density at radius 1 is 1.44 bits per heavy atom. The molecule has 0 amide bonds. The molecule has 0 saturated carbocycles. The van der Waals surface area contributed by atoms with Crippen LogP contribution in [0.1, 0.15) is 37.4 Å². The lowest BCUT2D eigenvalue weighted by Crippen LogP contribution is -2.08. The first-order valence-corrected chi connectivity index (χ1v) is 7.24. The second-order valence-corrected chi connectivity index (χ2v) is 5.39. The maximum atomic E-state index is 11.8. The van der Waals surface area contributed by atoms with Crippen LogP contribution in [-0.2, 0) is 23.1 Å². The molecule has 2 N–H and O–H groups in total. The second-order valence-electron chi connectivity index (χ2n) is 3.81. The van der Waals surface area contributed by atoms with Gasteiger partial charge in [0.05, 0.1) is 11.4 Å². The Bertz CT molecular complexity index is 342. The minimum atomic E-state index is -0.780. The predicted octanol–water partition coefficient (Wildman–Crippen LogP) is 1.98. The van der Waals surface area contributed by atoms with Crippen molar-refractivity contribution in [3.05, 3.63) is 29.6 Å². The van der Waals surface area contributed by atoms with E-state index in [9.17, 15) is 4.21 Å². The molecule has 0 spiro atoms. The van der Waals surface area contributed by atoms with Crippen molar-refractivity contribution in [3.63, 3.8) is 0 Å². The normalized spacial score (nSPS) is 12.6. The van der Waals surface area contributed by atoms with E-state index in [1.807, 2.05) is 12.1 Å². The number of nitrogens with two attached hydrogens (primary N) is 1. The van der Waals surface area contributed by atoms with Crippen molar-refractivity contribution in [1.82, 2.24) is 4.98 Å². The van der Waals surface area contributed by atoms with Crippen LogP contribution in [0.2, 0.25) is 0 Å². The Balaban J connectivity index is 2.49. The van der Waals surface area contributed by atoms with Crippen molar-refractivity contribution in [2.45, 2.75) is 38.5 Å². The van der Waals surface area contributed by atoms with Gasteiger partial charge in [0, 0.05) is 29.3 Å². The van der Waals surface area contributed by atoms with Gasteiger partial charge in [0.1, 0.15) is 0 Å². The molecule has 1 aromatic heterocycles. The van der Waals surface area contributed by atoms with Crippen molar-refractivity contribution in [3.8, 4) is 0 Å². The van der Waals surface area contributed by atoms with Crippen LogP contribution < -0.4 is 5.73 Å². The minimum Gasteiger partial charge on any atom is -0.325 e. The number of nitrogens with zero attached hydrogens (tertiary/aromatic N) is 1. The van der Waals surface area contributed by atoms with E-state index in [-0.39, 0.29) is 0 Å². The SMILES string of the molecule is CCCCCS(=O)Cc1cccnc1CN.